The van der Waals surface area contributed by atoms with Crippen LogP contribution in [-0.4, -0.2) is 11.2 Å². The van der Waals surface area contributed by atoms with Crippen LogP contribution in [0.5, 0.6) is 0 Å². The van der Waals surface area contributed by atoms with E-state index in [0.717, 1.165) is 0 Å². The Labute approximate surface area is 166 Å². The van der Waals surface area contributed by atoms with E-state index in [2.05, 4.69) is 84.9 Å². The van der Waals surface area contributed by atoms with Crippen molar-refractivity contribution >= 4 is 0 Å². The molecule has 0 bridgehead atoms. The lowest BCUT2D eigenvalue weighted by molar-refractivity contribution is 0.175. The summed E-state index contributed by atoms with van der Waals surface area (Å²) >= 11 is 0. The van der Waals surface area contributed by atoms with Gasteiger partial charge in [-0.15, -0.1) is 0 Å². The molecule has 1 heteroatoms. The Morgan fingerprint density at radius 1 is 0.464 bits per heavy atom. The number of hydrogen-bond donors (Lipinski definition) is 1. The molecule has 0 aliphatic carbocycles. The van der Waals surface area contributed by atoms with Crippen LogP contribution in [0.25, 0.3) is 22.3 Å². The molecule has 0 spiro atoms. The lowest BCUT2D eigenvalue weighted by Gasteiger charge is -2.17. The van der Waals surface area contributed by atoms with Crippen LogP contribution < -0.4 is 0 Å². The number of aliphatic hydroxyl groups is 1. The average Bonchev–Trinajstić information content (AvgIpc) is 2.76. The first kappa shape index (κ1) is 18.2. The topological polar surface area (TPSA) is 20.2 Å². The van der Waals surface area contributed by atoms with Crippen molar-refractivity contribution < 1.29 is 5.11 Å². The summed E-state index contributed by atoms with van der Waals surface area (Å²) in [4.78, 5) is 0. The van der Waals surface area contributed by atoms with Gasteiger partial charge in [0.05, 0.1) is 6.10 Å². The molecule has 0 radical (unpaired) electrons. The summed E-state index contributed by atoms with van der Waals surface area (Å²) in [6, 6.07) is 37.5. The first-order valence-electron chi connectivity index (χ1n) is 9.76. The monoisotopic (exact) mass is 364 g/mol. The quantitative estimate of drug-likeness (QED) is 0.434. The second kappa shape index (κ2) is 8.69. The van der Waals surface area contributed by atoms with Gasteiger partial charge in [0.15, 0.2) is 0 Å². The Kier molecular flexibility index (Phi) is 5.65. The van der Waals surface area contributed by atoms with Crippen molar-refractivity contribution in [3.63, 3.8) is 0 Å². The van der Waals surface area contributed by atoms with E-state index in [0.29, 0.717) is 12.8 Å². The van der Waals surface area contributed by atoms with E-state index < -0.39 is 6.10 Å². The second-order valence-corrected chi connectivity index (χ2v) is 7.11. The van der Waals surface area contributed by atoms with Gasteiger partial charge in [0.2, 0.25) is 0 Å². The molecule has 0 saturated carbocycles. The number of benzene rings is 4. The third-order valence-corrected chi connectivity index (χ3v) is 5.12. The van der Waals surface area contributed by atoms with Crippen LogP contribution in [0.15, 0.2) is 109 Å². The highest BCUT2D eigenvalue weighted by molar-refractivity contribution is 5.68. The van der Waals surface area contributed by atoms with Gasteiger partial charge in [-0.3, -0.25) is 0 Å². The molecule has 28 heavy (non-hydrogen) atoms. The zero-order valence-corrected chi connectivity index (χ0v) is 15.8. The van der Waals surface area contributed by atoms with E-state index in [4.69, 9.17) is 0 Å². The summed E-state index contributed by atoms with van der Waals surface area (Å²) in [6.45, 7) is 0. The van der Waals surface area contributed by atoms with E-state index in [1.54, 1.807) is 0 Å². The van der Waals surface area contributed by atoms with Crippen molar-refractivity contribution in [1.29, 1.82) is 0 Å². The Hall–Kier alpha value is -3.16. The van der Waals surface area contributed by atoms with Gasteiger partial charge in [0, 0.05) is 0 Å². The third-order valence-electron chi connectivity index (χ3n) is 5.12. The fourth-order valence-electron chi connectivity index (χ4n) is 3.78. The Bertz CT molecular complexity index is 937. The van der Waals surface area contributed by atoms with Gasteiger partial charge in [-0.05, 0) is 46.2 Å². The number of hydrogen-bond acceptors (Lipinski definition) is 1. The molecule has 0 fully saturated rings. The predicted octanol–water partition coefficient (Wildman–Crippen LogP) is 6.17. The van der Waals surface area contributed by atoms with Crippen LogP contribution in [0.3, 0.4) is 0 Å². The molecule has 0 aromatic heterocycles. The normalized spacial score (nSPS) is 10.9. The molecule has 0 unspecified atom stereocenters. The zero-order chi connectivity index (χ0) is 19.2. The van der Waals surface area contributed by atoms with Gasteiger partial charge in [0.25, 0.3) is 0 Å². The van der Waals surface area contributed by atoms with Gasteiger partial charge >= 0.3 is 0 Å². The highest BCUT2D eigenvalue weighted by Gasteiger charge is 2.13. The molecule has 1 nitrogen and oxygen atoms in total. The molecule has 0 atom stereocenters. The molecule has 0 aliphatic heterocycles. The molecular weight excluding hydrogens is 340 g/mol. The fraction of sp³-hybridized carbons (Fsp3) is 0.111. The largest absolute Gasteiger partial charge is 0.392 e. The molecule has 0 aliphatic rings. The van der Waals surface area contributed by atoms with Crippen LogP contribution in [-0.2, 0) is 12.8 Å². The molecular formula is C27H24O. The Morgan fingerprint density at radius 3 is 1.25 bits per heavy atom. The van der Waals surface area contributed by atoms with Gasteiger partial charge < -0.3 is 5.11 Å². The summed E-state index contributed by atoms with van der Waals surface area (Å²) in [5.74, 6) is 0. The summed E-state index contributed by atoms with van der Waals surface area (Å²) in [5, 5.41) is 10.9. The highest BCUT2D eigenvalue weighted by Crippen LogP contribution is 2.27. The smallest absolute Gasteiger partial charge is 0.0621 e. The standard InChI is InChI=1S/C27H24O/c28-25(19-23-15-7-9-17-26(23)21-11-3-1-4-12-21)20-24-16-8-10-18-27(24)22-13-5-2-6-14-22/h1-18,25,28H,19-20H2. The van der Waals surface area contributed by atoms with Crippen LogP contribution in [0.1, 0.15) is 11.1 Å². The summed E-state index contributed by atoms with van der Waals surface area (Å²) in [6.07, 6.45) is 0.831. The van der Waals surface area contributed by atoms with Crippen molar-refractivity contribution in [3.05, 3.63) is 120 Å². The van der Waals surface area contributed by atoms with Crippen LogP contribution in [0.4, 0.5) is 0 Å². The van der Waals surface area contributed by atoms with Crippen molar-refractivity contribution in [1.82, 2.24) is 0 Å². The predicted molar refractivity (Wildman–Crippen MR) is 117 cm³/mol. The molecule has 138 valence electrons. The van der Waals surface area contributed by atoms with Crippen LogP contribution in [0, 0.1) is 0 Å². The molecule has 0 amide bonds. The maximum Gasteiger partial charge on any atom is 0.0621 e. The first-order chi connectivity index (χ1) is 13.8. The molecule has 0 heterocycles. The molecule has 4 rings (SSSR count). The lowest BCUT2D eigenvalue weighted by atomic mass is 9.91. The maximum absolute atomic E-state index is 10.9. The number of rotatable bonds is 6. The van der Waals surface area contributed by atoms with E-state index in [-0.39, 0.29) is 0 Å². The summed E-state index contributed by atoms with van der Waals surface area (Å²) in [7, 11) is 0. The van der Waals surface area contributed by atoms with Gasteiger partial charge in [-0.2, -0.15) is 0 Å². The van der Waals surface area contributed by atoms with Gasteiger partial charge in [-0.1, -0.05) is 109 Å². The lowest BCUT2D eigenvalue weighted by Crippen LogP contribution is -2.15. The van der Waals surface area contributed by atoms with Gasteiger partial charge in [-0.25, -0.2) is 0 Å². The van der Waals surface area contributed by atoms with E-state index >= 15 is 0 Å². The maximum atomic E-state index is 10.9. The van der Waals surface area contributed by atoms with Crippen molar-refractivity contribution in [2.24, 2.45) is 0 Å². The second-order valence-electron chi connectivity index (χ2n) is 7.11. The minimum absolute atomic E-state index is 0.435. The minimum Gasteiger partial charge on any atom is -0.392 e. The zero-order valence-electron chi connectivity index (χ0n) is 15.8. The Morgan fingerprint density at radius 2 is 0.821 bits per heavy atom. The summed E-state index contributed by atoms with van der Waals surface area (Å²) < 4.78 is 0. The molecule has 1 N–H and O–H groups in total. The van der Waals surface area contributed by atoms with Crippen molar-refractivity contribution in [2.45, 2.75) is 18.9 Å². The van der Waals surface area contributed by atoms with Crippen molar-refractivity contribution in [2.75, 3.05) is 0 Å². The summed E-state index contributed by atoms with van der Waals surface area (Å²) in [5.41, 5.74) is 7.12. The number of aliphatic hydroxyl groups excluding tert-OH is 1. The third kappa shape index (κ3) is 4.21. The van der Waals surface area contributed by atoms with E-state index in [9.17, 15) is 5.11 Å². The first-order valence-corrected chi connectivity index (χ1v) is 9.76. The van der Waals surface area contributed by atoms with Crippen molar-refractivity contribution in [3.8, 4) is 22.3 Å². The highest BCUT2D eigenvalue weighted by atomic mass is 16.3. The molecule has 0 saturated heterocycles. The Balaban J connectivity index is 1.57. The van der Waals surface area contributed by atoms with E-state index in [1.165, 1.54) is 33.4 Å². The van der Waals surface area contributed by atoms with Crippen LogP contribution >= 0.6 is 0 Å². The van der Waals surface area contributed by atoms with Crippen LogP contribution in [0.2, 0.25) is 0 Å². The minimum atomic E-state index is -0.435. The molecule has 4 aromatic rings. The molecule has 4 aromatic carbocycles. The fourth-order valence-corrected chi connectivity index (χ4v) is 3.78. The van der Waals surface area contributed by atoms with E-state index in [1.807, 2.05) is 24.3 Å². The van der Waals surface area contributed by atoms with Gasteiger partial charge in [0.1, 0.15) is 0 Å². The average molecular weight is 364 g/mol. The SMILES string of the molecule is OC(Cc1ccccc1-c1ccccc1)Cc1ccccc1-c1ccccc1.